The standard InChI is InChI=1S/C15H14FN3O2/c16-13-4-2-1-3-11(13)9-18-15(21)19-14(20)10-5-7-12(17)8-6-10/h1-8H,9,17H2,(H2,18,19,20,21). The van der Waals surface area contributed by atoms with E-state index in [4.69, 9.17) is 5.73 Å². The number of benzene rings is 2. The summed E-state index contributed by atoms with van der Waals surface area (Å²) in [6.45, 7) is -0.00642. The molecule has 2 aromatic carbocycles. The van der Waals surface area contributed by atoms with Crippen LogP contribution in [0.5, 0.6) is 0 Å². The largest absolute Gasteiger partial charge is 0.399 e. The fraction of sp³-hybridized carbons (Fsp3) is 0.0667. The lowest BCUT2D eigenvalue weighted by Gasteiger charge is -2.07. The molecule has 0 heterocycles. The first kappa shape index (κ1) is 14.5. The van der Waals surface area contributed by atoms with E-state index in [2.05, 4.69) is 10.6 Å². The second kappa shape index (κ2) is 6.51. The number of hydrogen-bond donors (Lipinski definition) is 3. The van der Waals surface area contributed by atoms with Gasteiger partial charge in [-0.05, 0) is 30.3 Å². The Labute approximate surface area is 121 Å². The van der Waals surface area contributed by atoms with Crippen molar-refractivity contribution in [2.24, 2.45) is 0 Å². The maximum Gasteiger partial charge on any atom is 0.321 e. The molecule has 108 valence electrons. The first-order valence-corrected chi connectivity index (χ1v) is 6.24. The average Bonchev–Trinajstić information content (AvgIpc) is 2.47. The Balaban J connectivity index is 1.88. The Morgan fingerprint density at radius 3 is 2.38 bits per heavy atom. The smallest absolute Gasteiger partial charge is 0.321 e. The molecule has 0 unspecified atom stereocenters. The van der Waals surface area contributed by atoms with Crippen LogP contribution in [0.3, 0.4) is 0 Å². The molecule has 5 nitrogen and oxygen atoms in total. The molecule has 0 saturated carbocycles. The van der Waals surface area contributed by atoms with Crippen molar-refractivity contribution >= 4 is 17.6 Å². The van der Waals surface area contributed by atoms with E-state index in [9.17, 15) is 14.0 Å². The summed E-state index contributed by atoms with van der Waals surface area (Å²) in [5.74, 6) is -0.969. The Bertz CT molecular complexity index is 656. The van der Waals surface area contributed by atoms with Crippen LogP contribution in [0.15, 0.2) is 48.5 Å². The average molecular weight is 287 g/mol. The van der Waals surface area contributed by atoms with Gasteiger partial charge in [-0.1, -0.05) is 18.2 Å². The minimum Gasteiger partial charge on any atom is -0.399 e. The van der Waals surface area contributed by atoms with Crippen molar-refractivity contribution in [2.45, 2.75) is 6.54 Å². The van der Waals surface area contributed by atoms with Gasteiger partial charge in [0.2, 0.25) is 0 Å². The van der Waals surface area contributed by atoms with E-state index in [0.717, 1.165) is 0 Å². The van der Waals surface area contributed by atoms with Crippen molar-refractivity contribution in [3.05, 3.63) is 65.5 Å². The van der Waals surface area contributed by atoms with Crippen LogP contribution < -0.4 is 16.4 Å². The van der Waals surface area contributed by atoms with Gasteiger partial charge >= 0.3 is 6.03 Å². The van der Waals surface area contributed by atoms with Crippen LogP contribution in [-0.4, -0.2) is 11.9 Å². The SMILES string of the molecule is Nc1ccc(C(=O)NC(=O)NCc2ccccc2F)cc1. The summed E-state index contributed by atoms with van der Waals surface area (Å²) in [5.41, 5.74) is 6.68. The maximum absolute atomic E-state index is 13.4. The molecule has 4 N–H and O–H groups in total. The van der Waals surface area contributed by atoms with Crippen LogP contribution in [-0.2, 0) is 6.54 Å². The second-order valence-corrected chi connectivity index (χ2v) is 4.35. The van der Waals surface area contributed by atoms with Crippen molar-refractivity contribution in [1.82, 2.24) is 10.6 Å². The van der Waals surface area contributed by atoms with E-state index in [1.165, 1.54) is 18.2 Å². The molecular formula is C15H14FN3O2. The Hall–Kier alpha value is -2.89. The third-order valence-corrected chi connectivity index (χ3v) is 2.80. The molecule has 0 aromatic heterocycles. The molecule has 0 aliphatic rings. The maximum atomic E-state index is 13.4. The third kappa shape index (κ3) is 4.04. The topological polar surface area (TPSA) is 84.2 Å². The summed E-state index contributed by atoms with van der Waals surface area (Å²) in [6, 6.07) is 11.5. The highest BCUT2D eigenvalue weighted by molar-refractivity contribution is 6.04. The monoisotopic (exact) mass is 287 g/mol. The van der Waals surface area contributed by atoms with E-state index in [1.54, 1.807) is 30.3 Å². The van der Waals surface area contributed by atoms with Gasteiger partial charge in [-0.15, -0.1) is 0 Å². The first-order valence-electron chi connectivity index (χ1n) is 6.24. The summed E-state index contributed by atoms with van der Waals surface area (Å²) in [6.07, 6.45) is 0. The predicted octanol–water partition coefficient (Wildman–Crippen LogP) is 2.05. The number of carbonyl (C=O) groups excluding carboxylic acids is 2. The van der Waals surface area contributed by atoms with Crippen molar-refractivity contribution in [3.8, 4) is 0 Å². The number of nitrogens with one attached hydrogen (secondary N) is 2. The van der Waals surface area contributed by atoms with Gasteiger partial charge < -0.3 is 11.1 Å². The molecule has 2 rings (SSSR count). The molecule has 0 atom stereocenters. The molecule has 0 radical (unpaired) electrons. The molecule has 0 aliphatic carbocycles. The molecule has 21 heavy (non-hydrogen) atoms. The van der Waals surface area contributed by atoms with Crippen LogP contribution in [0.1, 0.15) is 15.9 Å². The zero-order valence-corrected chi connectivity index (χ0v) is 11.1. The van der Waals surface area contributed by atoms with Crippen LogP contribution in [0.4, 0.5) is 14.9 Å². The van der Waals surface area contributed by atoms with Gasteiger partial charge in [0.15, 0.2) is 0 Å². The number of halogens is 1. The van der Waals surface area contributed by atoms with Crippen molar-refractivity contribution in [2.75, 3.05) is 5.73 Å². The quantitative estimate of drug-likeness (QED) is 0.755. The molecule has 3 amide bonds. The molecule has 0 spiro atoms. The fourth-order valence-electron chi connectivity index (χ4n) is 1.67. The van der Waals surface area contributed by atoms with Gasteiger partial charge in [0.05, 0.1) is 0 Å². The van der Waals surface area contributed by atoms with Gasteiger partial charge in [0.25, 0.3) is 5.91 Å². The van der Waals surface area contributed by atoms with E-state index >= 15 is 0 Å². The van der Waals surface area contributed by atoms with Crippen LogP contribution in [0.25, 0.3) is 0 Å². The minimum absolute atomic E-state index is 0.00642. The Kier molecular flexibility index (Phi) is 4.50. The number of rotatable bonds is 3. The lowest BCUT2D eigenvalue weighted by molar-refractivity contribution is 0.0964. The molecule has 2 aromatic rings. The highest BCUT2D eigenvalue weighted by Gasteiger charge is 2.10. The number of anilines is 1. The summed E-state index contributed by atoms with van der Waals surface area (Å²) in [5, 5.41) is 4.57. The highest BCUT2D eigenvalue weighted by Crippen LogP contribution is 2.06. The summed E-state index contributed by atoms with van der Waals surface area (Å²) >= 11 is 0. The molecule has 0 aliphatic heterocycles. The van der Waals surface area contributed by atoms with Crippen LogP contribution >= 0.6 is 0 Å². The number of amides is 3. The molecule has 6 heteroatoms. The number of urea groups is 1. The fourth-order valence-corrected chi connectivity index (χ4v) is 1.67. The van der Waals surface area contributed by atoms with E-state index in [0.29, 0.717) is 16.8 Å². The normalized spacial score (nSPS) is 9.95. The first-order chi connectivity index (χ1) is 10.1. The number of imide groups is 1. The zero-order valence-electron chi connectivity index (χ0n) is 11.1. The van der Waals surface area contributed by atoms with E-state index < -0.39 is 17.8 Å². The molecule has 0 bridgehead atoms. The summed E-state index contributed by atoms with van der Waals surface area (Å²) in [4.78, 5) is 23.3. The Morgan fingerprint density at radius 2 is 1.71 bits per heavy atom. The predicted molar refractivity (Wildman–Crippen MR) is 77.0 cm³/mol. The van der Waals surface area contributed by atoms with Gasteiger partial charge in [-0.2, -0.15) is 0 Å². The lowest BCUT2D eigenvalue weighted by atomic mass is 10.2. The summed E-state index contributed by atoms with van der Waals surface area (Å²) in [7, 11) is 0. The second-order valence-electron chi connectivity index (χ2n) is 4.35. The molecule has 0 fully saturated rings. The van der Waals surface area contributed by atoms with Crippen LogP contribution in [0.2, 0.25) is 0 Å². The van der Waals surface area contributed by atoms with Gasteiger partial charge in [-0.3, -0.25) is 10.1 Å². The molecular weight excluding hydrogens is 273 g/mol. The van der Waals surface area contributed by atoms with Gasteiger partial charge in [-0.25, -0.2) is 9.18 Å². The number of nitrogen functional groups attached to an aromatic ring is 1. The zero-order chi connectivity index (χ0) is 15.2. The molecule has 0 saturated heterocycles. The van der Waals surface area contributed by atoms with Crippen molar-refractivity contribution in [1.29, 1.82) is 0 Å². The minimum atomic E-state index is -0.694. The number of hydrogen-bond acceptors (Lipinski definition) is 3. The Morgan fingerprint density at radius 1 is 1.05 bits per heavy atom. The highest BCUT2D eigenvalue weighted by atomic mass is 19.1. The number of carbonyl (C=O) groups is 2. The van der Waals surface area contributed by atoms with E-state index in [-0.39, 0.29) is 6.54 Å². The van der Waals surface area contributed by atoms with E-state index in [1.807, 2.05) is 0 Å². The van der Waals surface area contributed by atoms with Crippen molar-refractivity contribution < 1.29 is 14.0 Å². The van der Waals surface area contributed by atoms with Crippen LogP contribution in [0, 0.1) is 5.82 Å². The third-order valence-electron chi connectivity index (χ3n) is 2.80. The lowest BCUT2D eigenvalue weighted by Crippen LogP contribution is -2.39. The number of nitrogens with two attached hydrogens (primary N) is 1. The van der Waals surface area contributed by atoms with Gasteiger partial charge in [0.1, 0.15) is 5.82 Å². The summed E-state index contributed by atoms with van der Waals surface area (Å²) < 4.78 is 13.4. The van der Waals surface area contributed by atoms with Crippen molar-refractivity contribution in [3.63, 3.8) is 0 Å². The van der Waals surface area contributed by atoms with Gasteiger partial charge in [0, 0.05) is 23.4 Å².